The second-order valence-electron chi connectivity index (χ2n) is 3.90. The van der Waals surface area contributed by atoms with Crippen LogP contribution in [0.25, 0.3) is 0 Å². The van der Waals surface area contributed by atoms with Crippen LogP contribution in [0.3, 0.4) is 0 Å². The molecule has 0 unspecified atom stereocenters. The van der Waals surface area contributed by atoms with Crippen molar-refractivity contribution < 1.29 is 14.3 Å². The van der Waals surface area contributed by atoms with Gasteiger partial charge in [0.05, 0.1) is 19.9 Å². The monoisotopic (exact) mass is 245 g/mol. The standard InChI is InChI=1S/C14H15NO3/c1-9-7-8-15-13(9)14(16)12-10(17-2)5-4-6-11(12)18-3/h4-8,15H,1-3H3. The topological polar surface area (TPSA) is 51.3 Å². The third-order valence-corrected chi connectivity index (χ3v) is 2.84. The van der Waals surface area contributed by atoms with E-state index < -0.39 is 0 Å². The molecular weight excluding hydrogens is 230 g/mol. The summed E-state index contributed by atoms with van der Waals surface area (Å²) in [6, 6.07) is 7.13. The lowest BCUT2D eigenvalue weighted by atomic mass is 10.0. The van der Waals surface area contributed by atoms with Gasteiger partial charge in [-0.05, 0) is 30.7 Å². The molecule has 1 aromatic heterocycles. The Morgan fingerprint density at radius 1 is 1.11 bits per heavy atom. The van der Waals surface area contributed by atoms with Crippen molar-refractivity contribution in [1.82, 2.24) is 4.98 Å². The Hall–Kier alpha value is -2.23. The number of methoxy groups -OCH3 is 2. The van der Waals surface area contributed by atoms with E-state index in [1.54, 1.807) is 24.4 Å². The largest absolute Gasteiger partial charge is 0.496 e. The normalized spacial score (nSPS) is 10.2. The summed E-state index contributed by atoms with van der Waals surface area (Å²) in [6.45, 7) is 1.88. The van der Waals surface area contributed by atoms with Crippen LogP contribution in [0, 0.1) is 6.92 Å². The molecule has 0 radical (unpaired) electrons. The number of benzene rings is 1. The van der Waals surface area contributed by atoms with Gasteiger partial charge in [0, 0.05) is 6.20 Å². The number of aromatic nitrogens is 1. The van der Waals surface area contributed by atoms with Gasteiger partial charge in [-0.2, -0.15) is 0 Å². The van der Waals surface area contributed by atoms with Crippen LogP contribution in [0.4, 0.5) is 0 Å². The molecule has 0 atom stereocenters. The molecule has 0 bridgehead atoms. The van der Waals surface area contributed by atoms with Crippen LogP contribution in [-0.2, 0) is 0 Å². The summed E-state index contributed by atoms with van der Waals surface area (Å²) in [7, 11) is 3.07. The van der Waals surface area contributed by atoms with E-state index in [9.17, 15) is 4.79 Å². The Bertz CT molecular complexity index is 550. The van der Waals surface area contributed by atoms with Crippen molar-refractivity contribution >= 4 is 5.78 Å². The average molecular weight is 245 g/mol. The summed E-state index contributed by atoms with van der Waals surface area (Å²) in [6.07, 6.45) is 1.74. The van der Waals surface area contributed by atoms with Gasteiger partial charge in [-0.3, -0.25) is 4.79 Å². The highest BCUT2D eigenvalue weighted by Crippen LogP contribution is 2.30. The molecular formula is C14H15NO3. The maximum Gasteiger partial charge on any atom is 0.216 e. The Morgan fingerprint density at radius 2 is 1.72 bits per heavy atom. The van der Waals surface area contributed by atoms with E-state index in [0.717, 1.165) is 5.56 Å². The number of carbonyl (C=O) groups is 1. The Kier molecular flexibility index (Phi) is 3.37. The molecule has 0 amide bonds. The SMILES string of the molecule is COc1cccc(OC)c1C(=O)c1[nH]ccc1C. The van der Waals surface area contributed by atoms with Crippen LogP contribution < -0.4 is 9.47 Å². The Balaban J connectivity index is 2.56. The molecule has 1 aromatic carbocycles. The fourth-order valence-corrected chi connectivity index (χ4v) is 1.89. The molecule has 0 saturated heterocycles. The van der Waals surface area contributed by atoms with E-state index in [4.69, 9.17) is 9.47 Å². The quantitative estimate of drug-likeness (QED) is 0.842. The second-order valence-corrected chi connectivity index (χ2v) is 3.90. The lowest BCUT2D eigenvalue weighted by Crippen LogP contribution is -2.08. The average Bonchev–Trinajstić information content (AvgIpc) is 2.83. The Labute approximate surface area is 106 Å². The fraction of sp³-hybridized carbons (Fsp3) is 0.214. The zero-order chi connectivity index (χ0) is 13.1. The molecule has 4 nitrogen and oxygen atoms in total. The zero-order valence-corrected chi connectivity index (χ0v) is 10.6. The number of hydrogen-bond acceptors (Lipinski definition) is 3. The first kappa shape index (κ1) is 12.2. The van der Waals surface area contributed by atoms with E-state index in [2.05, 4.69) is 4.98 Å². The molecule has 0 fully saturated rings. The summed E-state index contributed by atoms with van der Waals surface area (Å²) < 4.78 is 10.5. The first-order valence-electron chi connectivity index (χ1n) is 5.58. The number of carbonyl (C=O) groups excluding carboxylic acids is 1. The molecule has 1 N–H and O–H groups in total. The molecule has 0 aliphatic rings. The lowest BCUT2D eigenvalue weighted by molar-refractivity contribution is 0.102. The van der Waals surface area contributed by atoms with Gasteiger partial charge in [-0.1, -0.05) is 6.07 Å². The van der Waals surface area contributed by atoms with Crippen molar-refractivity contribution in [2.45, 2.75) is 6.92 Å². The minimum atomic E-state index is -0.133. The molecule has 0 spiro atoms. The van der Waals surface area contributed by atoms with Crippen LogP contribution in [0.2, 0.25) is 0 Å². The predicted octanol–water partition coefficient (Wildman–Crippen LogP) is 2.57. The summed E-state index contributed by atoms with van der Waals surface area (Å²) in [5, 5.41) is 0. The zero-order valence-electron chi connectivity index (χ0n) is 10.6. The minimum absolute atomic E-state index is 0.133. The van der Waals surface area contributed by atoms with Gasteiger partial charge in [0.2, 0.25) is 5.78 Å². The van der Waals surface area contributed by atoms with Gasteiger partial charge in [0.1, 0.15) is 17.1 Å². The summed E-state index contributed by atoms with van der Waals surface area (Å²) in [4.78, 5) is 15.4. The first-order valence-corrected chi connectivity index (χ1v) is 5.58. The number of aromatic amines is 1. The van der Waals surface area contributed by atoms with Crippen molar-refractivity contribution in [2.24, 2.45) is 0 Å². The van der Waals surface area contributed by atoms with Crippen LogP contribution in [-0.4, -0.2) is 25.0 Å². The maximum atomic E-state index is 12.5. The number of hydrogen-bond donors (Lipinski definition) is 1. The number of ether oxygens (including phenoxy) is 2. The molecule has 2 aromatic rings. The third-order valence-electron chi connectivity index (χ3n) is 2.84. The predicted molar refractivity (Wildman–Crippen MR) is 68.5 cm³/mol. The van der Waals surface area contributed by atoms with Crippen molar-refractivity contribution in [3.63, 3.8) is 0 Å². The lowest BCUT2D eigenvalue weighted by Gasteiger charge is -2.11. The van der Waals surface area contributed by atoms with Crippen molar-refractivity contribution in [3.05, 3.63) is 47.3 Å². The summed E-state index contributed by atoms with van der Waals surface area (Å²) in [5.41, 5.74) is 1.89. The van der Waals surface area contributed by atoms with E-state index in [-0.39, 0.29) is 5.78 Å². The molecule has 2 rings (SSSR count). The van der Waals surface area contributed by atoms with E-state index in [1.807, 2.05) is 13.0 Å². The molecule has 0 aliphatic heterocycles. The number of ketones is 1. The van der Waals surface area contributed by atoms with Gasteiger partial charge >= 0.3 is 0 Å². The van der Waals surface area contributed by atoms with Gasteiger partial charge in [0.25, 0.3) is 0 Å². The van der Waals surface area contributed by atoms with Crippen LogP contribution in [0.1, 0.15) is 21.6 Å². The molecule has 0 aliphatic carbocycles. The van der Waals surface area contributed by atoms with Gasteiger partial charge < -0.3 is 14.5 Å². The Morgan fingerprint density at radius 3 is 2.17 bits per heavy atom. The van der Waals surface area contributed by atoms with Crippen LogP contribution >= 0.6 is 0 Å². The highest BCUT2D eigenvalue weighted by Gasteiger charge is 2.21. The smallest absolute Gasteiger partial charge is 0.216 e. The minimum Gasteiger partial charge on any atom is -0.496 e. The van der Waals surface area contributed by atoms with Crippen LogP contribution in [0.15, 0.2) is 30.5 Å². The van der Waals surface area contributed by atoms with E-state index in [0.29, 0.717) is 22.8 Å². The number of nitrogens with one attached hydrogen (secondary N) is 1. The second kappa shape index (κ2) is 4.96. The maximum absolute atomic E-state index is 12.5. The molecule has 4 heteroatoms. The molecule has 94 valence electrons. The summed E-state index contributed by atoms with van der Waals surface area (Å²) >= 11 is 0. The molecule has 18 heavy (non-hydrogen) atoms. The van der Waals surface area contributed by atoms with Crippen molar-refractivity contribution in [1.29, 1.82) is 0 Å². The van der Waals surface area contributed by atoms with Crippen LogP contribution in [0.5, 0.6) is 11.5 Å². The molecule has 1 heterocycles. The third kappa shape index (κ3) is 1.97. The molecule has 0 saturated carbocycles. The van der Waals surface area contributed by atoms with E-state index >= 15 is 0 Å². The van der Waals surface area contributed by atoms with Crippen molar-refractivity contribution in [3.8, 4) is 11.5 Å². The fourth-order valence-electron chi connectivity index (χ4n) is 1.89. The van der Waals surface area contributed by atoms with E-state index in [1.165, 1.54) is 14.2 Å². The highest BCUT2D eigenvalue weighted by molar-refractivity contribution is 6.12. The highest BCUT2D eigenvalue weighted by atomic mass is 16.5. The van der Waals surface area contributed by atoms with Gasteiger partial charge in [-0.15, -0.1) is 0 Å². The number of aryl methyl sites for hydroxylation is 1. The number of H-pyrrole nitrogens is 1. The summed E-state index contributed by atoms with van der Waals surface area (Å²) in [5.74, 6) is 0.883. The first-order chi connectivity index (χ1) is 8.69. The van der Waals surface area contributed by atoms with Gasteiger partial charge in [-0.25, -0.2) is 0 Å². The van der Waals surface area contributed by atoms with Crippen molar-refractivity contribution in [2.75, 3.05) is 14.2 Å². The number of rotatable bonds is 4. The van der Waals surface area contributed by atoms with Gasteiger partial charge in [0.15, 0.2) is 0 Å².